The first-order chi connectivity index (χ1) is 16.7. The van der Waals surface area contributed by atoms with E-state index in [-0.39, 0.29) is 24.5 Å². The molecule has 1 unspecified atom stereocenters. The van der Waals surface area contributed by atoms with Gasteiger partial charge in [-0.25, -0.2) is 9.59 Å². The topological polar surface area (TPSA) is 101 Å². The molecule has 1 saturated carbocycles. The van der Waals surface area contributed by atoms with Crippen LogP contribution in [0.4, 0.5) is 0 Å². The molecule has 1 aliphatic carbocycles. The minimum atomic E-state index is -0.781. The van der Waals surface area contributed by atoms with Gasteiger partial charge in [-0.3, -0.25) is 0 Å². The van der Waals surface area contributed by atoms with Crippen molar-refractivity contribution >= 4 is 18.0 Å². The monoisotopic (exact) mass is 486 g/mol. The third-order valence-electron chi connectivity index (χ3n) is 8.61. The van der Waals surface area contributed by atoms with E-state index in [1.807, 2.05) is 25.1 Å². The molecule has 3 aliphatic heterocycles. The fourth-order valence-corrected chi connectivity index (χ4v) is 6.79. The highest BCUT2D eigenvalue weighted by atomic mass is 16.7. The number of aliphatic hydroxyl groups excluding tert-OH is 1. The largest absolute Gasteiger partial charge is 0.457 e. The average Bonchev–Trinajstić information content (AvgIpc) is 3.51. The first-order valence-electron chi connectivity index (χ1n) is 12.5. The molecule has 1 N–H and O–H groups in total. The molecule has 8 nitrogen and oxygen atoms in total. The van der Waals surface area contributed by atoms with Crippen molar-refractivity contribution in [3.63, 3.8) is 0 Å². The van der Waals surface area contributed by atoms with E-state index < -0.39 is 42.0 Å². The van der Waals surface area contributed by atoms with Crippen molar-refractivity contribution in [2.75, 3.05) is 13.4 Å². The number of carbonyl (C=O) groups is 2. The molecule has 0 aromatic heterocycles. The van der Waals surface area contributed by atoms with Crippen molar-refractivity contribution in [1.82, 2.24) is 0 Å². The number of ether oxygens (including phenoxy) is 5. The summed E-state index contributed by atoms with van der Waals surface area (Å²) in [6.07, 6.45) is 4.49. The molecule has 1 aromatic rings. The van der Waals surface area contributed by atoms with Gasteiger partial charge in [-0.1, -0.05) is 26.8 Å². The van der Waals surface area contributed by atoms with Crippen LogP contribution in [0.2, 0.25) is 0 Å². The lowest BCUT2D eigenvalue weighted by Crippen LogP contribution is -2.62. The molecule has 3 fully saturated rings. The van der Waals surface area contributed by atoms with E-state index in [0.29, 0.717) is 23.8 Å². The zero-order chi connectivity index (χ0) is 25.0. The Bertz CT molecular complexity index is 1030. The maximum atomic E-state index is 13.1. The number of hydrogen-bond acceptors (Lipinski definition) is 8. The van der Waals surface area contributed by atoms with Gasteiger partial charge in [0.05, 0.1) is 0 Å². The molecular formula is C27H34O8. The van der Waals surface area contributed by atoms with Gasteiger partial charge in [0.2, 0.25) is 6.79 Å². The highest BCUT2D eigenvalue weighted by Gasteiger charge is 2.72. The van der Waals surface area contributed by atoms with Crippen molar-refractivity contribution in [1.29, 1.82) is 0 Å². The van der Waals surface area contributed by atoms with Crippen molar-refractivity contribution in [3.05, 3.63) is 29.8 Å². The van der Waals surface area contributed by atoms with Gasteiger partial charge in [0.1, 0.15) is 30.0 Å². The van der Waals surface area contributed by atoms with Crippen LogP contribution >= 0.6 is 0 Å². The zero-order valence-electron chi connectivity index (χ0n) is 20.7. The smallest absolute Gasteiger partial charge is 0.332 e. The van der Waals surface area contributed by atoms with Crippen LogP contribution in [0, 0.1) is 23.7 Å². The predicted molar refractivity (Wildman–Crippen MR) is 125 cm³/mol. The molecule has 35 heavy (non-hydrogen) atoms. The van der Waals surface area contributed by atoms with Crippen LogP contribution in [-0.2, 0) is 23.8 Å². The second-order valence-electron chi connectivity index (χ2n) is 10.8. The van der Waals surface area contributed by atoms with Crippen LogP contribution in [-0.4, -0.2) is 53.9 Å². The minimum absolute atomic E-state index is 0.0176. The number of rotatable bonds is 6. The van der Waals surface area contributed by atoms with Gasteiger partial charge in [-0.05, 0) is 61.3 Å². The van der Waals surface area contributed by atoms with Gasteiger partial charge in [0, 0.05) is 18.4 Å². The number of benzene rings is 1. The summed E-state index contributed by atoms with van der Waals surface area (Å²) in [6, 6.07) is 5.49. The van der Waals surface area contributed by atoms with Crippen LogP contribution in [0.1, 0.15) is 52.5 Å². The normalized spacial score (nSPS) is 37.0. The number of fused-ring (bicyclic) bond motifs is 5. The van der Waals surface area contributed by atoms with E-state index in [9.17, 15) is 14.7 Å². The molecule has 0 spiro atoms. The molecule has 1 aromatic carbocycles. The highest BCUT2D eigenvalue weighted by molar-refractivity contribution is 5.87. The molecule has 0 radical (unpaired) electrons. The van der Waals surface area contributed by atoms with E-state index in [2.05, 4.69) is 20.8 Å². The second kappa shape index (κ2) is 8.82. The Morgan fingerprint density at radius 3 is 2.71 bits per heavy atom. The van der Waals surface area contributed by atoms with Gasteiger partial charge in [-0.2, -0.15) is 0 Å². The van der Waals surface area contributed by atoms with Gasteiger partial charge in [0.15, 0.2) is 11.5 Å². The number of aliphatic hydroxyl groups is 1. The van der Waals surface area contributed by atoms with E-state index in [1.165, 1.54) is 6.08 Å². The first kappa shape index (κ1) is 24.1. The molecule has 8 heteroatoms. The minimum Gasteiger partial charge on any atom is -0.457 e. The lowest BCUT2D eigenvalue weighted by molar-refractivity contribution is -0.264. The molecule has 2 bridgehead atoms. The van der Waals surface area contributed by atoms with Gasteiger partial charge in [0.25, 0.3) is 0 Å². The second-order valence-corrected chi connectivity index (χ2v) is 10.8. The van der Waals surface area contributed by atoms with E-state index in [4.69, 9.17) is 23.7 Å². The molecule has 5 rings (SSSR count). The van der Waals surface area contributed by atoms with Crippen LogP contribution in [0.25, 0.3) is 6.08 Å². The Labute approximate surface area is 205 Å². The van der Waals surface area contributed by atoms with Crippen LogP contribution in [0.5, 0.6) is 11.5 Å². The molecule has 0 amide bonds. The van der Waals surface area contributed by atoms with Crippen molar-refractivity contribution in [2.45, 2.75) is 70.4 Å². The SMILES string of the molecule is CC(C)C12C[C@@H](OC(=O)CO)[C@@](C)(O1)[C@@H]1CC[C@@H](C)[C@H]1[C@@H]2OC(=O)/C=C/c1ccc2c(c1)OCO2. The lowest BCUT2D eigenvalue weighted by atomic mass is 9.69. The third kappa shape index (κ3) is 3.91. The maximum Gasteiger partial charge on any atom is 0.332 e. The summed E-state index contributed by atoms with van der Waals surface area (Å²) in [5, 5.41) is 9.29. The zero-order valence-corrected chi connectivity index (χ0v) is 20.7. The Morgan fingerprint density at radius 2 is 1.97 bits per heavy atom. The fourth-order valence-electron chi connectivity index (χ4n) is 6.79. The van der Waals surface area contributed by atoms with Gasteiger partial charge < -0.3 is 28.8 Å². The summed E-state index contributed by atoms with van der Waals surface area (Å²) in [5.74, 6) is 0.771. The Balaban J connectivity index is 1.42. The Morgan fingerprint density at radius 1 is 1.20 bits per heavy atom. The van der Waals surface area contributed by atoms with E-state index >= 15 is 0 Å². The van der Waals surface area contributed by atoms with Crippen molar-refractivity contribution in [3.8, 4) is 11.5 Å². The third-order valence-corrected chi connectivity index (χ3v) is 8.61. The van der Waals surface area contributed by atoms with Crippen molar-refractivity contribution in [2.24, 2.45) is 23.7 Å². The Kier molecular flexibility index (Phi) is 6.08. The quantitative estimate of drug-likeness (QED) is 0.482. The maximum absolute atomic E-state index is 13.1. The van der Waals surface area contributed by atoms with Crippen LogP contribution in [0.15, 0.2) is 24.3 Å². The lowest BCUT2D eigenvalue weighted by Gasteiger charge is -2.52. The van der Waals surface area contributed by atoms with Crippen LogP contribution < -0.4 is 9.47 Å². The number of carbonyl (C=O) groups excluding carboxylic acids is 2. The highest BCUT2D eigenvalue weighted by Crippen LogP contribution is 2.63. The summed E-state index contributed by atoms with van der Waals surface area (Å²) in [5.41, 5.74) is -0.659. The van der Waals surface area contributed by atoms with Crippen LogP contribution in [0.3, 0.4) is 0 Å². The average molecular weight is 487 g/mol. The Hall–Kier alpha value is -2.58. The summed E-state index contributed by atoms with van der Waals surface area (Å²) < 4.78 is 29.5. The van der Waals surface area contributed by atoms with Gasteiger partial charge in [-0.15, -0.1) is 0 Å². The predicted octanol–water partition coefficient (Wildman–Crippen LogP) is 3.49. The van der Waals surface area contributed by atoms with E-state index in [0.717, 1.165) is 18.4 Å². The molecule has 4 aliphatic rings. The molecular weight excluding hydrogens is 452 g/mol. The van der Waals surface area contributed by atoms with Crippen molar-refractivity contribution < 1.29 is 38.4 Å². The summed E-state index contributed by atoms with van der Waals surface area (Å²) in [4.78, 5) is 25.1. The molecule has 7 atom stereocenters. The van der Waals surface area contributed by atoms with E-state index in [1.54, 1.807) is 6.08 Å². The number of esters is 2. The molecule has 190 valence electrons. The molecule has 2 saturated heterocycles. The summed E-state index contributed by atoms with van der Waals surface area (Å²) >= 11 is 0. The summed E-state index contributed by atoms with van der Waals surface area (Å²) in [6.45, 7) is 7.84. The fraction of sp³-hybridized carbons (Fsp3) is 0.630. The number of hydrogen-bond donors (Lipinski definition) is 1. The first-order valence-corrected chi connectivity index (χ1v) is 12.5. The summed E-state index contributed by atoms with van der Waals surface area (Å²) in [7, 11) is 0. The van der Waals surface area contributed by atoms with Gasteiger partial charge >= 0.3 is 11.9 Å². The molecule has 3 heterocycles. The standard InChI is InChI=1S/C27H34O8/c1-15(2)27-12-21(33-23(30)13-28)26(4,35-27)18-8-5-16(3)24(18)25(27)34-22(29)10-7-17-6-9-19-20(11-17)32-14-31-19/h6-7,9-11,15-16,18,21,24-25,28H,5,8,12-14H2,1-4H3/b10-7+/t16-,18-,21-,24-,25+,26+,27?/m1/s1.